The van der Waals surface area contributed by atoms with Crippen molar-refractivity contribution in [2.75, 3.05) is 27.3 Å². The molecule has 0 unspecified atom stereocenters. The van der Waals surface area contributed by atoms with Crippen molar-refractivity contribution in [1.29, 1.82) is 0 Å². The van der Waals surface area contributed by atoms with Gasteiger partial charge in [-0.05, 0) is 51.1 Å². The predicted molar refractivity (Wildman–Crippen MR) is 99.9 cm³/mol. The van der Waals surface area contributed by atoms with Crippen LogP contribution in [0.15, 0.2) is 24.3 Å². The zero-order valence-corrected chi connectivity index (χ0v) is 16.0. The van der Waals surface area contributed by atoms with Gasteiger partial charge in [-0.1, -0.05) is 12.1 Å². The van der Waals surface area contributed by atoms with Crippen LogP contribution < -0.4 is 4.74 Å². The number of methoxy groups -OCH3 is 1. The van der Waals surface area contributed by atoms with Gasteiger partial charge in [-0.15, -0.1) is 0 Å². The van der Waals surface area contributed by atoms with Gasteiger partial charge in [0.2, 0.25) is 0 Å². The van der Waals surface area contributed by atoms with Crippen LogP contribution in [0.5, 0.6) is 5.75 Å². The summed E-state index contributed by atoms with van der Waals surface area (Å²) >= 11 is 0. The van der Waals surface area contributed by atoms with Crippen LogP contribution in [0.3, 0.4) is 0 Å². The molecule has 0 saturated heterocycles. The normalized spacial score (nSPS) is 10.8. The lowest BCUT2D eigenvalue weighted by atomic mass is 10.1. The van der Waals surface area contributed by atoms with Crippen molar-refractivity contribution in [1.82, 2.24) is 9.88 Å². The Labute approximate surface area is 154 Å². The molecule has 26 heavy (non-hydrogen) atoms. The Morgan fingerprint density at radius 1 is 1.15 bits per heavy atom. The smallest absolute Gasteiger partial charge is 0.339 e. The topological polar surface area (TPSA) is 71.6 Å². The number of aromatic nitrogens is 1. The molecule has 2 rings (SSSR count). The van der Waals surface area contributed by atoms with Crippen molar-refractivity contribution < 1.29 is 19.1 Å². The molecule has 0 atom stereocenters. The summed E-state index contributed by atoms with van der Waals surface area (Å²) in [7, 11) is 3.22. The van der Waals surface area contributed by atoms with Crippen LogP contribution in [0.1, 0.15) is 44.6 Å². The SMILES string of the molecule is CCOc1ccc(CN(C)CC(=O)c2[nH]c(C)c(C(=O)OC)c2C)cc1. The maximum absolute atomic E-state index is 12.6. The summed E-state index contributed by atoms with van der Waals surface area (Å²) in [5, 5.41) is 0. The summed E-state index contributed by atoms with van der Waals surface area (Å²) in [4.78, 5) is 29.5. The molecule has 0 amide bonds. The van der Waals surface area contributed by atoms with E-state index in [0.717, 1.165) is 11.3 Å². The summed E-state index contributed by atoms with van der Waals surface area (Å²) in [5.74, 6) is 0.343. The van der Waals surface area contributed by atoms with Crippen LogP contribution in [0, 0.1) is 13.8 Å². The number of likely N-dealkylation sites (N-methyl/N-ethyl adjacent to an activating group) is 1. The number of esters is 1. The number of ether oxygens (including phenoxy) is 2. The van der Waals surface area contributed by atoms with E-state index in [4.69, 9.17) is 9.47 Å². The maximum atomic E-state index is 12.6. The zero-order chi connectivity index (χ0) is 19.3. The highest BCUT2D eigenvalue weighted by Gasteiger charge is 2.23. The van der Waals surface area contributed by atoms with Crippen LogP contribution in [-0.4, -0.2) is 48.9 Å². The van der Waals surface area contributed by atoms with Gasteiger partial charge in [0.15, 0.2) is 5.78 Å². The Morgan fingerprint density at radius 3 is 2.38 bits per heavy atom. The van der Waals surface area contributed by atoms with Gasteiger partial charge < -0.3 is 14.5 Å². The highest BCUT2D eigenvalue weighted by Crippen LogP contribution is 2.20. The number of rotatable bonds is 8. The van der Waals surface area contributed by atoms with Crippen LogP contribution in [0.25, 0.3) is 0 Å². The van der Waals surface area contributed by atoms with E-state index in [1.807, 2.05) is 43.1 Å². The number of Topliss-reactive ketones (excluding diaryl/α,β-unsaturated/α-hetero) is 1. The zero-order valence-electron chi connectivity index (χ0n) is 16.0. The molecule has 0 aliphatic heterocycles. The van der Waals surface area contributed by atoms with Crippen molar-refractivity contribution in [3.8, 4) is 5.75 Å². The van der Waals surface area contributed by atoms with Crippen LogP contribution in [0.2, 0.25) is 0 Å². The fourth-order valence-corrected chi connectivity index (χ4v) is 2.99. The fraction of sp³-hybridized carbons (Fsp3) is 0.400. The molecule has 0 bridgehead atoms. The first kappa shape index (κ1) is 19.7. The number of hydrogen-bond donors (Lipinski definition) is 1. The molecular formula is C20H26N2O4. The molecule has 1 heterocycles. The molecule has 0 aliphatic rings. The second-order valence-corrected chi connectivity index (χ2v) is 6.29. The first-order chi connectivity index (χ1) is 12.4. The van der Waals surface area contributed by atoms with Gasteiger partial charge in [0.1, 0.15) is 5.75 Å². The second-order valence-electron chi connectivity index (χ2n) is 6.29. The number of nitrogens with one attached hydrogen (secondary N) is 1. The van der Waals surface area contributed by atoms with Crippen molar-refractivity contribution in [2.24, 2.45) is 0 Å². The average molecular weight is 358 g/mol. The van der Waals surface area contributed by atoms with E-state index in [9.17, 15) is 9.59 Å². The Morgan fingerprint density at radius 2 is 1.81 bits per heavy atom. The number of carbonyl (C=O) groups is 2. The molecule has 140 valence electrons. The van der Waals surface area contributed by atoms with Crippen LogP contribution >= 0.6 is 0 Å². The monoisotopic (exact) mass is 358 g/mol. The van der Waals surface area contributed by atoms with E-state index < -0.39 is 5.97 Å². The molecule has 2 aromatic rings. The number of ketones is 1. The highest BCUT2D eigenvalue weighted by atomic mass is 16.5. The number of nitrogens with zero attached hydrogens (tertiary/aromatic N) is 1. The van der Waals surface area contributed by atoms with Gasteiger partial charge in [0, 0.05) is 12.2 Å². The number of H-pyrrole nitrogens is 1. The minimum Gasteiger partial charge on any atom is -0.494 e. The molecule has 0 fully saturated rings. The van der Waals surface area contributed by atoms with Gasteiger partial charge in [-0.3, -0.25) is 9.69 Å². The Hall–Kier alpha value is -2.60. The lowest BCUT2D eigenvalue weighted by molar-refractivity contribution is 0.0599. The molecule has 1 aromatic heterocycles. The third-order valence-corrected chi connectivity index (χ3v) is 4.21. The fourth-order valence-electron chi connectivity index (χ4n) is 2.99. The van der Waals surface area contributed by atoms with Gasteiger partial charge in [-0.25, -0.2) is 4.79 Å². The summed E-state index contributed by atoms with van der Waals surface area (Å²) in [5.41, 5.74) is 3.27. The van der Waals surface area contributed by atoms with E-state index in [1.165, 1.54) is 7.11 Å². The van der Waals surface area contributed by atoms with Crippen molar-refractivity contribution in [3.05, 3.63) is 52.3 Å². The first-order valence-electron chi connectivity index (χ1n) is 8.58. The number of hydrogen-bond acceptors (Lipinski definition) is 5. The lowest BCUT2D eigenvalue weighted by Gasteiger charge is -2.16. The van der Waals surface area contributed by atoms with E-state index in [2.05, 4.69) is 4.98 Å². The summed E-state index contributed by atoms with van der Waals surface area (Å²) < 4.78 is 10.2. The number of aryl methyl sites for hydroxylation is 1. The molecule has 0 saturated carbocycles. The molecule has 1 N–H and O–H groups in total. The summed E-state index contributed by atoms with van der Waals surface area (Å²) in [6.45, 7) is 6.99. The minimum absolute atomic E-state index is 0.0609. The predicted octanol–water partition coefficient (Wildman–Crippen LogP) is 3.13. The Bertz CT molecular complexity index is 778. The van der Waals surface area contributed by atoms with Gasteiger partial charge in [-0.2, -0.15) is 0 Å². The third kappa shape index (κ3) is 4.52. The number of benzene rings is 1. The summed E-state index contributed by atoms with van der Waals surface area (Å²) in [6, 6.07) is 7.84. The molecule has 0 radical (unpaired) electrons. The second kappa shape index (κ2) is 8.67. The van der Waals surface area contributed by atoms with Crippen LogP contribution in [0.4, 0.5) is 0 Å². The third-order valence-electron chi connectivity index (χ3n) is 4.21. The molecular weight excluding hydrogens is 332 g/mol. The van der Waals surface area contributed by atoms with Gasteiger partial charge >= 0.3 is 5.97 Å². The van der Waals surface area contributed by atoms with Crippen LogP contribution in [-0.2, 0) is 11.3 Å². The van der Waals surface area contributed by atoms with Crippen molar-refractivity contribution >= 4 is 11.8 Å². The number of aromatic amines is 1. The molecule has 6 nitrogen and oxygen atoms in total. The summed E-state index contributed by atoms with van der Waals surface area (Å²) in [6.07, 6.45) is 0. The van der Waals surface area contributed by atoms with E-state index in [0.29, 0.717) is 35.7 Å². The van der Waals surface area contributed by atoms with E-state index in [1.54, 1.807) is 13.8 Å². The molecule has 0 spiro atoms. The Kier molecular flexibility index (Phi) is 6.58. The minimum atomic E-state index is -0.432. The molecule has 1 aromatic carbocycles. The van der Waals surface area contributed by atoms with Gasteiger partial charge in [0.25, 0.3) is 0 Å². The lowest BCUT2D eigenvalue weighted by Crippen LogP contribution is -2.26. The first-order valence-corrected chi connectivity index (χ1v) is 8.58. The largest absolute Gasteiger partial charge is 0.494 e. The van der Waals surface area contributed by atoms with E-state index in [-0.39, 0.29) is 12.3 Å². The highest BCUT2D eigenvalue weighted by molar-refractivity contribution is 6.02. The molecule has 0 aliphatic carbocycles. The standard InChI is InChI=1S/C20H26N2O4/c1-6-26-16-9-7-15(8-10-16)11-22(4)12-17(23)19-13(2)18(14(3)21-19)20(24)25-5/h7-10,21H,6,11-12H2,1-5H3. The number of carbonyl (C=O) groups excluding carboxylic acids is 2. The maximum Gasteiger partial charge on any atom is 0.339 e. The van der Waals surface area contributed by atoms with E-state index >= 15 is 0 Å². The quantitative estimate of drug-likeness (QED) is 0.580. The molecule has 6 heteroatoms. The Balaban J connectivity index is 2.04. The van der Waals surface area contributed by atoms with Gasteiger partial charge in [0.05, 0.1) is 31.5 Å². The van der Waals surface area contributed by atoms with Crippen molar-refractivity contribution in [3.63, 3.8) is 0 Å². The van der Waals surface area contributed by atoms with Crippen molar-refractivity contribution in [2.45, 2.75) is 27.3 Å². The average Bonchev–Trinajstić information content (AvgIpc) is 2.90.